The zero-order valence-electron chi connectivity index (χ0n) is 17.7. The molecule has 0 bridgehead atoms. The standard InChI is InChI=1S/C24H27N5O2/c1-31-21-10-6-5-9-18(21)13-28-14-19-11-22-26-27-23(29(22)16-20(19)15-28)24(30)25-12-17-7-3-2-4-8-17/h2-10,19-20H,11-16H2,1H3,(H,25,30). The molecule has 3 heterocycles. The van der Waals surface area contributed by atoms with Crippen LogP contribution in [0.2, 0.25) is 0 Å². The molecule has 1 amide bonds. The van der Waals surface area contributed by atoms with E-state index in [4.69, 9.17) is 4.74 Å². The summed E-state index contributed by atoms with van der Waals surface area (Å²) in [5.74, 6) is 3.17. The summed E-state index contributed by atoms with van der Waals surface area (Å²) in [6.45, 7) is 4.20. The molecule has 7 heteroatoms. The molecule has 31 heavy (non-hydrogen) atoms. The van der Waals surface area contributed by atoms with Crippen molar-refractivity contribution in [2.45, 2.75) is 26.1 Å². The Morgan fingerprint density at radius 2 is 1.81 bits per heavy atom. The number of likely N-dealkylation sites (tertiary alicyclic amines) is 1. The van der Waals surface area contributed by atoms with Gasteiger partial charge in [-0.2, -0.15) is 0 Å². The topological polar surface area (TPSA) is 72.3 Å². The molecule has 2 aliphatic rings. The molecule has 2 atom stereocenters. The smallest absolute Gasteiger partial charge is 0.289 e. The van der Waals surface area contributed by atoms with Crippen LogP contribution in [0.15, 0.2) is 54.6 Å². The van der Waals surface area contributed by atoms with Crippen molar-refractivity contribution < 1.29 is 9.53 Å². The molecule has 2 aliphatic heterocycles. The SMILES string of the molecule is COc1ccccc1CN1CC2Cc3nnc(C(=O)NCc4ccccc4)n3CC2C1. The molecule has 0 spiro atoms. The zero-order valence-corrected chi connectivity index (χ0v) is 17.7. The molecule has 1 saturated heterocycles. The highest BCUT2D eigenvalue weighted by atomic mass is 16.5. The van der Waals surface area contributed by atoms with Crippen molar-refractivity contribution in [1.29, 1.82) is 0 Å². The van der Waals surface area contributed by atoms with Crippen LogP contribution in [0.25, 0.3) is 0 Å². The van der Waals surface area contributed by atoms with Crippen molar-refractivity contribution in [1.82, 2.24) is 25.0 Å². The van der Waals surface area contributed by atoms with E-state index >= 15 is 0 Å². The van der Waals surface area contributed by atoms with Gasteiger partial charge in [0.05, 0.1) is 7.11 Å². The van der Waals surface area contributed by atoms with Gasteiger partial charge in [-0.1, -0.05) is 48.5 Å². The fraction of sp³-hybridized carbons (Fsp3) is 0.375. The predicted octanol–water partition coefficient (Wildman–Crippen LogP) is 2.52. The van der Waals surface area contributed by atoms with Gasteiger partial charge in [0.2, 0.25) is 5.82 Å². The van der Waals surface area contributed by atoms with Crippen molar-refractivity contribution in [3.05, 3.63) is 77.4 Å². The molecule has 160 valence electrons. The maximum Gasteiger partial charge on any atom is 0.289 e. The molecule has 2 unspecified atom stereocenters. The summed E-state index contributed by atoms with van der Waals surface area (Å²) < 4.78 is 7.54. The summed E-state index contributed by atoms with van der Waals surface area (Å²) >= 11 is 0. The minimum Gasteiger partial charge on any atom is -0.496 e. The van der Waals surface area contributed by atoms with Gasteiger partial charge in [0, 0.05) is 44.7 Å². The number of carbonyl (C=O) groups is 1. The molecule has 1 N–H and O–H groups in total. The average Bonchev–Trinajstić information content (AvgIpc) is 3.39. The van der Waals surface area contributed by atoms with Crippen LogP contribution in [0.3, 0.4) is 0 Å². The van der Waals surface area contributed by atoms with Crippen LogP contribution in [0, 0.1) is 11.8 Å². The summed E-state index contributed by atoms with van der Waals surface area (Å²) in [4.78, 5) is 15.2. The number of fused-ring (bicyclic) bond motifs is 2. The number of nitrogens with one attached hydrogen (secondary N) is 1. The summed E-state index contributed by atoms with van der Waals surface area (Å²) in [5, 5.41) is 11.5. The second-order valence-corrected chi connectivity index (χ2v) is 8.45. The molecule has 5 rings (SSSR count). The lowest BCUT2D eigenvalue weighted by Crippen LogP contribution is -2.32. The third-order valence-electron chi connectivity index (χ3n) is 6.43. The number of ether oxygens (including phenoxy) is 1. The number of methoxy groups -OCH3 is 1. The molecular formula is C24H27N5O2. The number of benzene rings is 2. The Bertz CT molecular complexity index is 1060. The molecule has 0 saturated carbocycles. The van der Waals surface area contributed by atoms with Gasteiger partial charge in [-0.3, -0.25) is 9.69 Å². The quantitative estimate of drug-likeness (QED) is 0.667. The second kappa shape index (κ2) is 8.51. The van der Waals surface area contributed by atoms with E-state index in [2.05, 4.69) is 32.5 Å². The fourth-order valence-corrected chi connectivity index (χ4v) is 4.85. The van der Waals surface area contributed by atoms with Crippen LogP contribution in [-0.2, 0) is 26.1 Å². The van der Waals surface area contributed by atoms with E-state index in [1.807, 2.05) is 47.0 Å². The van der Waals surface area contributed by atoms with Crippen molar-refractivity contribution in [3.8, 4) is 5.75 Å². The predicted molar refractivity (Wildman–Crippen MR) is 117 cm³/mol. The molecule has 7 nitrogen and oxygen atoms in total. The second-order valence-electron chi connectivity index (χ2n) is 8.45. The maximum atomic E-state index is 12.8. The minimum absolute atomic E-state index is 0.162. The van der Waals surface area contributed by atoms with Crippen LogP contribution in [0.1, 0.15) is 27.6 Å². The number of hydrogen-bond donors (Lipinski definition) is 1. The van der Waals surface area contributed by atoms with Crippen LogP contribution >= 0.6 is 0 Å². The van der Waals surface area contributed by atoms with Gasteiger partial charge < -0.3 is 14.6 Å². The summed E-state index contributed by atoms with van der Waals surface area (Å²) in [5.41, 5.74) is 2.28. The first-order valence-corrected chi connectivity index (χ1v) is 10.8. The Balaban J connectivity index is 1.24. The highest BCUT2D eigenvalue weighted by Gasteiger charge is 2.39. The number of hydrogen-bond acceptors (Lipinski definition) is 5. The van der Waals surface area contributed by atoms with E-state index in [0.29, 0.717) is 24.2 Å². The van der Waals surface area contributed by atoms with Gasteiger partial charge in [-0.25, -0.2) is 0 Å². The largest absolute Gasteiger partial charge is 0.496 e. The number of aromatic nitrogens is 3. The Hall–Kier alpha value is -3.19. The number of carbonyl (C=O) groups excluding carboxylic acids is 1. The van der Waals surface area contributed by atoms with Gasteiger partial charge in [0.1, 0.15) is 11.6 Å². The molecule has 3 aromatic rings. The van der Waals surface area contributed by atoms with Crippen LogP contribution in [0.4, 0.5) is 0 Å². The van der Waals surface area contributed by atoms with Crippen molar-refractivity contribution in [2.24, 2.45) is 11.8 Å². The van der Waals surface area contributed by atoms with E-state index < -0.39 is 0 Å². The minimum atomic E-state index is -0.162. The van der Waals surface area contributed by atoms with Crippen LogP contribution in [-0.4, -0.2) is 45.8 Å². The summed E-state index contributed by atoms with van der Waals surface area (Å²) in [6.07, 6.45) is 0.867. The van der Waals surface area contributed by atoms with Gasteiger partial charge in [0.15, 0.2) is 0 Å². The van der Waals surface area contributed by atoms with Gasteiger partial charge >= 0.3 is 0 Å². The summed E-state index contributed by atoms with van der Waals surface area (Å²) in [7, 11) is 1.72. The van der Waals surface area contributed by atoms with E-state index in [9.17, 15) is 4.79 Å². The van der Waals surface area contributed by atoms with E-state index in [0.717, 1.165) is 49.7 Å². The van der Waals surface area contributed by atoms with Gasteiger partial charge in [-0.05, 0) is 23.5 Å². The molecule has 1 aromatic heterocycles. The summed E-state index contributed by atoms with van der Waals surface area (Å²) in [6, 6.07) is 18.1. The molecule has 0 aliphatic carbocycles. The lowest BCUT2D eigenvalue weighted by molar-refractivity contribution is 0.0932. The normalized spacial score (nSPS) is 20.2. The Morgan fingerprint density at radius 1 is 1.03 bits per heavy atom. The zero-order chi connectivity index (χ0) is 21.2. The van der Waals surface area contributed by atoms with Crippen molar-refractivity contribution in [3.63, 3.8) is 0 Å². The Kier molecular flexibility index (Phi) is 5.42. The lowest BCUT2D eigenvalue weighted by atomic mass is 9.89. The molecule has 1 fully saturated rings. The Labute approximate surface area is 182 Å². The average molecular weight is 418 g/mol. The van der Waals surface area contributed by atoms with Crippen molar-refractivity contribution in [2.75, 3.05) is 20.2 Å². The van der Waals surface area contributed by atoms with Crippen LogP contribution < -0.4 is 10.1 Å². The monoisotopic (exact) mass is 417 g/mol. The first-order valence-electron chi connectivity index (χ1n) is 10.8. The maximum absolute atomic E-state index is 12.8. The van der Waals surface area contributed by atoms with Crippen molar-refractivity contribution >= 4 is 5.91 Å². The molecule has 2 aromatic carbocycles. The van der Waals surface area contributed by atoms with E-state index in [1.54, 1.807) is 7.11 Å². The molecule has 0 radical (unpaired) electrons. The van der Waals surface area contributed by atoms with E-state index in [1.165, 1.54) is 5.56 Å². The van der Waals surface area contributed by atoms with E-state index in [-0.39, 0.29) is 5.91 Å². The first kappa shape index (κ1) is 19.8. The fourth-order valence-electron chi connectivity index (χ4n) is 4.85. The number of rotatable bonds is 6. The first-order chi connectivity index (χ1) is 15.2. The van der Waals surface area contributed by atoms with Crippen LogP contribution in [0.5, 0.6) is 5.75 Å². The van der Waals surface area contributed by atoms with Gasteiger partial charge in [0.25, 0.3) is 5.91 Å². The van der Waals surface area contributed by atoms with Gasteiger partial charge in [-0.15, -0.1) is 10.2 Å². The number of amides is 1. The third-order valence-corrected chi connectivity index (χ3v) is 6.43. The highest BCUT2D eigenvalue weighted by Crippen LogP contribution is 2.34. The lowest BCUT2D eigenvalue weighted by Gasteiger charge is -2.25. The molecular weight excluding hydrogens is 390 g/mol. The number of para-hydroxylation sites is 1. The third kappa shape index (κ3) is 4.05. The Morgan fingerprint density at radius 3 is 2.65 bits per heavy atom. The highest BCUT2D eigenvalue weighted by molar-refractivity contribution is 5.90. The number of nitrogens with zero attached hydrogens (tertiary/aromatic N) is 4.